The third-order valence-corrected chi connectivity index (χ3v) is 3.87. The van der Waals surface area contributed by atoms with Crippen molar-refractivity contribution in [1.29, 1.82) is 0 Å². The first-order valence-corrected chi connectivity index (χ1v) is 6.53. The van der Waals surface area contributed by atoms with Crippen LogP contribution in [-0.2, 0) is 10.3 Å². The molecule has 0 aliphatic heterocycles. The molecular formula is C13H15Cl2NO. The highest BCUT2D eigenvalue weighted by molar-refractivity contribution is 6.35. The van der Waals surface area contributed by atoms with Gasteiger partial charge in [0, 0.05) is 17.0 Å². The molecule has 0 spiro atoms. The number of carbonyl (C=O) groups is 1. The van der Waals surface area contributed by atoms with Crippen molar-refractivity contribution >= 4 is 29.1 Å². The summed E-state index contributed by atoms with van der Waals surface area (Å²) in [4.78, 5) is 11.4. The van der Waals surface area contributed by atoms with Crippen molar-refractivity contribution in [2.75, 3.05) is 0 Å². The molecule has 1 aromatic rings. The van der Waals surface area contributed by atoms with E-state index in [1.807, 2.05) is 12.1 Å². The minimum atomic E-state index is -0.298. The van der Waals surface area contributed by atoms with Crippen molar-refractivity contribution in [3.05, 3.63) is 33.8 Å². The van der Waals surface area contributed by atoms with Crippen LogP contribution in [0.1, 0.15) is 38.2 Å². The van der Waals surface area contributed by atoms with Gasteiger partial charge in [-0.25, -0.2) is 0 Å². The molecule has 1 fully saturated rings. The molecule has 1 N–H and O–H groups in total. The molecule has 1 aromatic carbocycles. The first-order chi connectivity index (χ1) is 8.03. The zero-order valence-electron chi connectivity index (χ0n) is 9.72. The van der Waals surface area contributed by atoms with E-state index < -0.39 is 0 Å². The van der Waals surface area contributed by atoms with Crippen LogP contribution >= 0.6 is 23.2 Å². The van der Waals surface area contributed by atoms with E-state index in [4.69, 9.17) is 23.2 Å². The monoisotopic (exact) mass is 271 g/mol. The number of hydrogen-bond donors (Lipinski definition) is 1. The molecule has 0 radical (unpaired) electrons. The highest BCUT2D eigenvalue weighted by Gasteiger charge is 2.37. The average molecular weight is 272 g/mol. The van der Waals surface area contributed by atoms with E-state index in [0.29, 0.717) is 10.0 Å². The summed E-state index contributed by atoms with van der Waals surface area (Å²) in [7, 11) is 0. The number of carbonyl (C=O) groups excluding carboxylic acids is 1. The molecule has 1 saturated carbocycles. The average Bonchev–Trinajstić information content (AvgIpc) is 2.65. The summed E-state index contributed by atoms with van der Waals surface area (Å²) in [5, 5.41) is 4.32. The van der Waals surface area contributed by atoms with Crippen molar-refractivity contribution in [3.8, 4) is 0 Å². The number of benzene rings is 1. The van der Waals surface area contributed by atoms with Gasteiger partial charge in [-0.1, -0.05) is 42.1 Å². The minimum Gasteiger partial charge on any atom is -0.347 e. The van der Waals surface area contributed by atoms with Crippen LogP contribution in [0.3, 0.4) is 0 Å². The summed E-state index contributed by atoms with van der Waals surface area (Å²) in [6.07, 6.45) is 4.10. The molecule has 0 bridgehead atoms. The van der Waals surface area contributed by atoms with Crippen molar-refractivity contribution in [1.82, 2.24) is 5.32 Å². The molecule has 92 valence electrons. The summed E-state index contributed by atoms with van der Waals surface area (Å²) < 4.78 is 0. The van der Waals surface area contributed by atoms with Crippen molar-refractivity contribution in [2.45, 2.75) is 38.1 Å². The lowest BCUT2D eigenvalue weighted by atomic mass is 9.88. The topological polar surface area (TPSA) is 29.1 Å². The van der Waals surface area contributed by atoms with Crippen LogP contribution in [0, 0.1) is 0 Å². The quantitative estimate of drug-likeness (QED) is 0.869. The zero-order valence-corrected chi connectivity index (χ0v) is 11.2. The van der Waals surface area contributed by atoms with Crippen LogP contribution in [-0.4, -0.2) is 5.91 Å². The lowest BCUT2D eigenvalue weighted by Crippen LogP contribution is -2.42. The predicted octanol–water partition coefficient (Wildman–Crippen LogP) is 3.90. The Hall–Kier alpha value is -0.730. The first-order valence-electron chi connectivity index (χ1n) is 5.78. The Labute approximate surface area is 111 Å². The molecular weight excluding hydrogens is 257 g/mol. The van der Waals surface area contributed by atoms with Gasteiger partial charge in [0.2, 0.25) is 5.91 Å². The summed E-state index contributed by atoms with van der Waals surface area (Å²) >= 11 is 12.1. The van der Waals surface area contributed by atoms with Gasteiger partial charge in [0.15, 0.2) is 0 Å². The van der Waals surface area contributed by atoms with Crippen LogP contribution in [0.5, 0.6) is 0 Å². The SMILES string of the molecule is CC(=O)NC1(c2ccc(Cl)cc2Cl)CCCC1. The summed E-state index contributed by atoms with van der Waals surface area (Å²) in [6.45, 7) is 1.55. The van der Waals surface area contributed by atoms with Crippen molar-refractivity contribution in [3.63, 3.8) is 0 Å². The van der Waals surface area contributed by atoms with Crippen LogP contribution in [0.2, 0.25) is 10.0 Å². The van der Waals surface area contributed by atoms with Crippen LogP contribution in [0.15, 0.2) is 18.2 Å². The van der Waals surface area contributed by atoms with Gasteiger partial charge in [0.25, 0.3) is 0 Å². The van der Waals surface area contributed by atoms with Gasteiger partial charge in [-0.15, -0.1) is 0 Å². The highest BCUT2D eigenvalue weighted by Crippen LogP contribution is 2.42. The molecule has 2 rings (SSSR count). The number of hydrogen-bond acceptors (Lipinski definition) is 1. The normalized spacial score (nSPS) is 18.1. The molecule has 17 heavy (non-hydrogen) atoms. The maximum Gasteiger partial charge on any atom is 0.217 e. The number of amides is 1. The van der Waals surface area contributed by atoms with E-state index in [2.05, 4.69) is 5.32 Å². The Morgan fingerprint density at radius 3 is 2.47 bits per heavy atom. The fourth-order valence-electron chi connectivity index (χ4n) is 2.65. The molecule has 0 atom stereocenters. The van der Waals surface area contributed by atoms with Gasteiger partial charge in [-0.05, 0) is 30.5 Å². The number of rotatable bonds is 2. The van der Waals surface area contributed by atoms with Gasteiger partial charge in [-0.3, -0.25) is 4.79 Å². The Bertz CT molecular complexity index is 439. The molecule has 0 unspecified atom stereocenters. The fourth-order valence-corrected chi connectivity index (χ4v) is 3.24. The Morgan fingerprint density at radius 1 is 1.29 bits per heavy atom. The van der Waals surface area contributed by atoms with E-state index in [1.54, 1.807) is 13.0 Å². The summed E-state index contributed by atoms with van der Waals surface area (Å²) in [6, 6.07) is 5.48. The van der Waals surface area contributed by atoms with Gasteiger partial charge < -0.3 is 5.32 Å². The molecule has 0 saturated heterocycles. The maximum absolute atomic E-state index is 11.4. The van der Waals surface area contributed by atoms with Crippen molar-refractivity contribution < 1.29 is 4.79 Å². The lowest BCUT2D eigenvalue weighted by molar-refractivity contribution is -0.121. The van der Waals surface area contributed by atoms with Gasteiger partial charge in [-0.2, -0.15) is 0 Å². The molecule has 1 aliphatic carbocycles. The molecule has 0 heterocycles. The predicted molar refractivity (Wildman–Crippen MR) is 70.4 cm³/mol. The van der Waals surface area contributed by atoms with Gasteiger partial charge in [0.1, 0.15) is 0 Å². The second-order valence-corrected chi connectivity index (χ2v) is 5.44. The van der Waals surface area contributed by atoms with E-state index in [9.17, 15) is 4.79 Å². The zero-order chi connectivity index (χ0) is 12.5. The van der Waals surface area contributed by atoms with Crippen LogP contribution in [0.4, 0.5) is 0 Å². The summed E-state index contributed by atoms with van der Waals surface area (Å²) in [5.41, 5.74) is 0.685. The maximum atomic E-state index is 11.4. The molecule has 2 nitrogen and oxygen atoms in total. The van der Waals surface area contributed by atoms with E-state index >= 15 is 0 Å². The second-order valence-electron chi connectivity index (χ2n) is 4.59. The van der Waals surface area contributed by atoms with Crippen molar-refractivity contribution in [2.24, 2.45) is 0 Å². The van der Waals surface area contributed by atoms with E-state index in [1.165, 1.54) is 0 Å². The Morgan fingerprint density at radius 2 is 1.94 bits per heavy atom. The smallest absolute Gasteiger partial charge is 0.217 e. The highest BCUT2D eigenvalue weighted by atomic mass is 35.5. The van der Waals surface area contributed by atoms with Crippen LogP contribution in [0.25, 0.3) is 0 Å². The fraction of sp³-hybridized carbons (Fsp3) is 0.462. The third-order valence-electron chi connectivity index (χ3n) is 3.32. The summed E-state index contributed by atoms with van der Waals surface area (Å²) in [5.74, 6) is -0.0158. The van der Waals surface area contributed by atoms with Gasteiger partial charge >= 0.3 is 0 Å². The molecule has 1 amide bonds. The minimum absolute atomic E-state index is 0.0158. The molecule has 0 aromatic heterocycles. The van der Waals surface area contributed by atoms with Crippen LogP contribution < -0.4 is 5.32 Å². The number of halogens is 2. The lowest BCUT2D eigenvalue weighted by Gasteiger charge is -2.31. The number of nitrogens with one attached hydrogen (secondary N) is 1. The second kappa shape index (κ2) is 4.87. The largest absolute Gasteiger partial charge is 0.347 e. The molecule has 4 heteroatoms. The first kappa shape index (κ1) is 12.7. The Kier molecular flexibility index (Phi) is 3.64. The third kappa shape index (κ3) is 2.58. The standard InChI is InChI=1S/C13H15Cl2NO/c1-9(17)16-13(6-2-3-7-13)11-5-4-10(14)8-12(11)15/h4-5,8H,2-3,6-7H2,1H3,(H,16,17). The van der Waals surface area contributed by atoms with E-state index in [-0.39, 0.29) is 11.4 Å². The van der Waals surface area contributed by atoms with Gasteiger partial charge in [0.05, 0.1) is 5.54 Å². The van der Waals surface area contributed by atoms with E-state index in [0.717, 1.165) is 31.2 Å². The Balaban J connectivity index is 2.42. The molecule has 1 aliphatic rings.